The van der Waals surface area contributed by atoms with Crippen LogP contribution in [0.2, 0.25) is 0 Å². The van der Waals surface area contributed by atoms with E-state index >= 15 is 0 Å². The number of carboxylic acids is 1. The standard InChI is InChI=1S/C24H37N3O10/c28-21(7-4-8-27-24(32)37-17-20-5-2-1-3-6-20)25-9-11-33-13-15-35-18-22(29)26-10-12-34-14-16-36-19-23(30)31/h1-3,5-6H,4,7-19H2,(H,25,28)(H,26,29)(H,27,32)(H,30,31). The highest BCUT2D eigenvalue weighted by molar-refractivity contribution is 5.77. The molecule has 208 valence electrons. The highest BCUT2D eigenvalue weighted by atomic mass is 16.5. The molecular formula is C24H37N3O10. The molecule has 0 unspecified atom stereocenters. The average molecular weight is 528 g/mol. The number of aliphatic carboxylic acids is 1. The zero-order valence-corrected chi connectivity index (χ0v) is 20.9. The number of alkyl carbamates (subject to hydrolysis) is 1. The van der Waals surface area contributed by atoms with Crippen molar-refractivity contribution in [3.05, 3.63) is 35.9 Å². The zero-order chi connectivity index (χ0) is 27.0. The van der Waals surface area contributed by atoms with Crippen molar-refractivity contribution in [2.24, 2.45) is 0 Å². The Bertz CT molecular complexity index is 779. The molecule has 13 nitrogen and oxygen atoms in total. The summed E-state index contributed by atoms with van der Waals surface area (Å²) in [6.07, 6.45) is 0.223. The third-order valence-corrected chi connectivity index (χ3v) is 4.40. The molecule has 0 aromatic heterocycles. The Morgan fingerprint density at radius 2 is 1.27 bits per heavy atom. The summed E-state index contributed by atoms with van der Waals surface area (Å²) in [5, 5.41) is 16.3. The molecular weight excluding hydrogens is 490 g/mol. The number of hydrogen-bond acceptors (Lipinski definition) is 9. The van der Waals surface area contributed by atoms with Gasteiger partial charge in [0.15, 0.2) is 0 Å². The lowest BCUT2D eigenvalue weighted by Gasteiger charge is -2.09. The first-order chi connectivity index (χ1) is 18.0. The van der Waals surface area contributed by atoms with Crippen LogP contribution in [0.15, 0.2) is 30.3 Å². The number of carbonyl (C=O) groups excluding carboxylic acids is 3. The number of ether oxygens (including phenoxy) is 5. The Hall–Kier alpha value is -3.26. The fraction of sp³-hybridized carbons (Fsp3) is 0.583. The van der Waals surface area contributed by atoms with Gasteiger partial charge < -0.3 is 44.7 Å². The Morgan fingerprint density at radius 3 is 1.92 bits per heavy atom. The summed E-state index contributed by atoms with van der Waals surface area (Å²) >= 11 is 0. The lowest BCUT2D eigenvalue weighted by molar-refractivity contribution is -0.142. The van der Waals surface area contributed by atoms with E-state index < -0.39 is 12.1 Å². The summed E-state index contributed by atoms with van der Waals surface area (Å²) in [5.74, 6) is -1.48. The van der Waals surface area contributed by atoms with E-state index in [1.807, 2.05) is 30.3 Å². The minimum Gasteiger partial charge on any atom is -0.480 e. The van der Waals surface area contributed by atoms with Crippen LogP contribution in [0.4, 0.5) is 4.79 Å². The molecule has 0 heterocycles. The minimum absolute atomic E-state index is 0.115. The van der Waals surface area contributed by atoms with Crippen molar-refractivity contribution in [2.75, 3.05) is 72.5 Å². The first-order valence-electron chi connectivity index (χ1n) is 12.0. The molecule has 0 atom stereocenters. The summed E-state index contributed by atoms with van der Waals surface area (Å²) in [6.45, 7) is 2.16. The van der Waals surface area contributed by atoms with Gasteiger partial charge in [-0.25, -0.2) is 9.59 Å². The van der Waals surface area contributed by atoms with Gasteiger partial charge in [-0.15, -0.1) is 0 Å². The number of benzene rings is 1. The Labute approximate surface area is 216 Å². The second-order valence-corrected chi connectivity index (χ2v) is 7.52. The molecule has 0 bridgehead atoms. The fourth-order valence-corrected chi connectivity index (χ4v) is 2.64. The van der Waals surface area contributed by atoms with E-state index in [2.05, 4.69) is 16.0 Å². The van der Waals surface area contributed by atoms with Gasteiger partial charge in [0.1, 0.15) is 19.8 Å². The molecule has 1 rings (SSSR count). The number of hydrogen-bond donors (Lipinski definition) is 4. The van der Waals surface area contributed by atoms with Crippen LogP contribution in [0.1, 0.15) is 18.4 Å². The third-order valence-electron chi connectivity index (χ3n) is 4.40. The molecule has 37 heavy (non-hydrogen) atoms. The summed E-state index contributed by atoms with van der Waals surface area (Å²) in [7, 11) is 0. The van der Waals surface area contributed by atoms with E-state index in [0.29, 0.717) is 32.7 Å². The van der Waals surface area contributed by atoms with Crippen molar-refractivity contribution in [1.82, 2.24) is 16.0 Å². The molecule has 0 aliphatic heterocycles. The van der Waals surface area contributed by atoms with Gasteiger partial charge in [-0.05, 0) is 12.0 Å². The first-order valence-corrected chi connectivity index (χ1v) is 12.0. The summed E-state index contributed by atoms with van der Waals surface area (Å²) in [4.78, 5) is 45.3. The van der Waals surface area contributed by atoms with Crippen LogP contribution in [-0.2, 0) is 44.7 Å². The normalized spacial score (nSPS) is 10.5. The predicted molar refractivity (Wildman–Crippen MR) is 131 cm³/mol. The van der Waals surface area contributed by atoms with Crippen LogP contribution in [0.25, 0.3) is 0 Å². The first kappa shape index (κ1) is 31.8. The smallest absolute Gasteiger partial charge is 0.407 e. The number of carboxylic acid groups (broad SMARTS) is 1. The van der Waals surface area contributed by atoms with Gasteiger partial charge in [-0.2, -0.15) is 0 Å². The number of nitrogens with one attached hydrogen (secondary N) is 3. The van der Waals surface area contributed by atoms with E-state index in [9.17, 15) is 19.2 Å². The van der Waals surface area contributed by atoms with E-state index in [4.69, 9.17) is 28.8 Å². The SMILES string of the molecule is O=C(O)COCCOCCNC(=O)COCCOCCNC(=O)CCCNC(=O)OCc1ccccc1. The minimum atomic E-state index is -1.04. The highest BCUT2D eigenvalue weighted by Crippen LogP contribution is 2.00. The van der Waals surface area contributed by atoms with Gasteiger partial charge in [0.05, 0.1) is 39.6 Å². The van der Waals surface area contributed by atoms with Crippen LogP contribution >= 0.6 is 0 Å². The topological polar surface area (TPSA) is 171 Å². The van der Waals surface area contributed by atoms with Crippen LogP contribution in [0.5, 0.6) is 0 Å². The number of carbonyl (C=O) groups is 4. The highest BCUT2D eigenvalue weighted by Gasteiger charge is 2.05. The summed E-state index contributed by atoms with van der Waals surface area (Å²) in [5.41, 5.74) is 0.898. The van der Waals surface area contributed by atoms with Crippen molar-refractivity contribution < 1.29 is 48.0 Å². The molecule has 0 aliphatic rings. The van der Waals surface area contributed by atoms with Crippen LogP contribution in [0.3, 0.4) is 0 Å². The molecule has 0 saturated carbocycles. The van der Waals surface area contributed by atoms with Crippen LogP contribution in [0, 0.1) is 0 Å². The van der Waals surface area contributed by atoms with Crippen LogP contribution < -0.4 is 16.0 Å². The van der Waals surface area contributed by atoms with Crippen LogP contribution in [-0.4, -0.2) is 101 Å². The van der Waals surface area contributed by atoms with Gasteiger partial charge >= 0.3 is 12.1 Å². The fourth-order valence-electron chi connectivity index (χ4n) is 2.64. The Morgan fingerprint density at radius 1 is 0.676 bits per heavy atom. The molecule has 1 aromatic carbocycles. The van der Waals surface area contributed by atoms with Gasteiger partial charge in [0.2, 0.25) is 11.8 Å². The lowest BCUT2D eigenvalue weighted by atomic mass is 10.2. The van der Waals surface area contributed by atoms with E-state index in [0.717, 1.165) is 5.56 Å². The van der Waals surface area contributed by atoms with Crippen molar-refractivity contribution in [3.8, 4) is 0 Å². The molecule has 0 radical (unpaired) electrons. The predicted octanol–water partition coefficient (Wildman–Crippen LogP) is 0.0764. The summed E-state index contributed by atoms with van der Waals surface area (Å²) in [6, 6.07) is 9.34. The number of rotatable bonds is 22. The second-order valence-electron chi connectivity index (χ2n) is 7.52. The molecule has 3 amide bonds. The largest absolute Gasteiger partial charge is 0.480 e. The second kappa shape index (κ2) is 22.0. The monoisotopic (exact) mass is 527 g/mol. The number of amides is 3. The maximum absolute atomic E-state index is 11.8. The Kier molecular flexibility index (Phi) is 18.9. The van der Waals surface area contributed by atoms with Crippen molar-refractivity contribution in [1.29, 1.82) is 0 Å². The maximum Gasteiger partial charge on any atom is 0.407 e. The van der Waals surface area contributed by atoms with E-state index in [-0.39, 0.29) is 71.1 Å². The quantitative estimate of drug-likeness (QED) is 0.151. The molecule has 0 aliphatic carbocycles. The molecule has 0 saturated heterocycles. The molecule has 4 N–H and O–H groups in total. The Balaban J connectivity index is 1.83. The van der Waals surface area contributed by atoms with Crippen molar-refractivity contribution >= 4 is 23.9 Å². The van der Waals surface area contributed by atoms with Crippen molar-refractivity contribution in [2.45, 2.75) is 19.4 Å². The van der Waals surface area contributed by atoms with Gasteiger partial charge in [0.25, 0.3) is 0 Å². The van der Waals surface area contributed by atoms with E-state index in [1.165, 1.54) is 0 Å². The molecule has 1 aromatic rings. The van der Waals surface area contributed by atoms with Gasteiger partial charge in [-0.3, -0.25) is 9.59 Å². The summed E-state index contributed by atoms with van der Waals surface area (Å²) < 4.78 is 25.6. The lowest BCUT2D eigenvalue weighted by Crippen LogP contribution is -2.31. The van der Waals surface area contributed by atoms with E-state index in [1.54, 1.807) is 0 Å². The molecule has 13 heteroatoms. The maximum atomic E-state index is 11.8. The third kappa shape index (κ3) is 20.6. The zero-order valence-electron chi connectivity index (χ0n) is 20.9. The molecule has 0 spiro atoms. The van der Waals surface area contributed by atoms with Gasteiger partial charge in [-0.1, -0.05) is 30.3 Å². The van der Waals surface area contributed by atoms with Crippen molar-refractivity contribution in [3.63, 3.8) is 0 Å². The van der Waals surface area contributed by atoms with Gasteiger partial charge in [0, 0.05) is 26.1 Å². The average Bonchev–Trinajstić information content (AvgIpc) is 2.89. The molecule has 0 fully saturated rings.